The molecular formula is C17H14ClN3O2. The Labute approximate surface area is 138 Å². The number of carbonyl (C=O) groups excluding carboxylic acids is 1. The predicted molar refractivity (Wildman–Crippen MR) is 89.1 cm³/mol. The lowest BCUT2D eigenvalue weighted by molar-refractivity contribution is 0.102. The molecule has 3 aromatic rings. The van der Waals surface area contributed by atoms with E-state index < -0.39 is 0 Å². The monoisotopic (exact) mass is 327 g/mol. The van der Waals surface area contributed by atoms with E-state index in [1.54, 1.807) is 42.2 Å². The molecule has 0 bridgehead atoms. The number of halogens is 1. The van der Waals surface area contributed by atoms with Crippen LogP contribution in [0.25, 0.3) is 0 Å². The first-order valence-electron chi connectivity index (χ1n) is 6.95. The lowest BCUT2D eigenvalue weighted by atomic mass is 10.2. The van der Waals surface area contributed by atoms with Crippen LogP contribution in [0.1, 0.15) is 10.4 Å². The van der Waals surface area contributed by atoms with Gasteiger partial charge in [-0.3, -0.25) is 9.48 Å². The number of amides is 1. The van der Waals surface area contributed by atoms with Crippen LogP contribution in [0.4, 0.5) is 5.69 Å². The van der Waals surface area contributed by atoms with Crippen LogP contribution in [-0.2, 0) is 7.05 Å². The van der Waals surface area contributed by atoms with Gasteiger partial charge in [-0.15, -0.1) is 5.10 Å². The zero-order valence-electron chi connectivity index (χ0n) is 12.4. The number of rotatable bonds is 4. The van der Waals surface area contributed by atoms with E-state index in [1.165, 1.54) is 0 Å². The van der Waals surface area contributed by atoms with Crippen molar-refractivity contribution in [3.05, 3.63) is 71.4 Å². The quantitative estimate of drug-likeness (QED) is 0.784. The number of anilines is 1. The first kappa shape index (κ1) is 15.1. The predicted octanol–water partition coefficient (Wildman–Crippen LogP) is 4.12. The smallest absolute Gasteiger partial charge is 0.262 e. The second kappa shape index (κ2) is 6.54. The van der Waals surface area contributed by atoms with Crippen LogP contribution in [0.15, 0.2) is 60.8 Å². The Balaban J connectivity index is 1.82. The van der Waals surface area contributed by atoms with E-state index in [4.69, 9.17) is 16.3 Å². The Morgan fingerprint density at radius 2 is 1.96 bits per heavy atom. The van der Waals surface area contributed by atoms with E-state index in [2.05, 4.69) is 10.4 Å². The van der Waals surface area contributed by atoms with E-state index in [9.17, 15) is 4.79 Å². The van der Waals surface area contributed by atoms with Crippen molar-refractivity contribution in [1.82, 2.24) is 9.78 Å². The minimum atomic E-state index is -0.279. The highest BCUT2D eigenvalue weighted by Gasteiger charge is 2.14. The van der Waals surface area contributed by atoms with Crippen molar-refractivity contribution in [2.75, 3.05) is 5.32 Å². The van der Waals surface area contributed by atoms with Crippen LogP contribution < -0.4 is 10.1 Å². The van der Waals surface area contributed by atoms with Crippen LogP contribution in [0.2, 0.25) is 5.02 Å². The number of hydrogen-bond acceptors (Lipinski definition) is 3. The van der Waals surface area contributed by atoms with Gasteiger partial charge in [0.15, 0.2) is 0 Å². The molecule has 0 aliphatic carbocycles. The van der Waals surface area contributed by atoms with Gasteiger partial charge in [-0.25, -0.2) is 0 Å². The van der Waals surface area contributed by atoms with Crippen molar-refractivity contribution < 1.29 is 9.53 Å². The van der Waals surface area contributed by atoms with Gasteiger partial charge in [0.05, 0.1) is 6.20 Å². The largest absolute Gasteiger partial charge is 0.436 e. The number of nitrogens with zero attached hydrogens (tertiary/aromatic N) is 2. The zero-order valence-corrected chi connectivity index (χ0v) is 13.1. The molecule has 1 N–H and O–H groups in total. The molecule has 116 valence electrons. The van der Waals surface area contributed by atoms with Gasteiger partial charge in [0.25, 0.3) is 11.8 Å². The second-order valence-electron chi connectivity index (χ2n) is 4.90. The van der Waals surface area contributed by atoms with Gasteiger partial charge in [-0.2, -0.15) is 0 Å². The van der Waals surface area contributed by atoms with E-state index >= 15 is 0 Å². The molecule has 0 saturated carbocycles. The van der Waals surface area contributed by atoms with Crippen molar-refractivity contribution >= 4 is 23.2 Å². The van der Waals surface area contributed by atoms with Gasteiger partial charge in [-0.05, 0) is 30.3 Å². The molecule has 1 heterocycles. The molecule has 0 unspecified atom stereocenters. The summed E-state index contributed by atoms with van der Waals surface area (Å²) in [5, 5.41) is 7.52. The van der Waals surface area contributed by atoms with E-state index in [1.807, 2.05) is 30.3 Å². The molecule has 6 heteroatoms. The zero-order chi connectivity index (χ0) is 16.2. The molecule has 0 aliphatic rings. The molecule has 23 heavy (non-hydrogen) atoms. The Morgan fingerprint density at radius 1 is 1.17 bits per heavy atom. The fourth-order valence-electron chi connectivity index (χ4n) is 2.05. The third kappa shape index (κ3) is 3.70. The summed E-state index contributed by atoms with van der Waals surface area (Å²) < 4.78 is 7.29. The summed E-state index contributed by atoms with van der Waals surface area (Å²) in [6, 6.07) is 16.0. The van der Waals surface area contributed by atoms with Crippen molar-refractivity contribution in [1.29, 1.82) is 0 Å². The number of benzene rings is 2. The molecule has 1 aromatic heterocycles. The van der Waals surface area contributed by atoms with Crippen LogP contribution in [0.5, 0.6) is 11.6 Å². The fourth-order valence-corrected chi connectivity index (χ4v) is 2.24. The number of nitrogens with one attached hydrogen (secondary N) is 1. The molecule has 1 amide bonds. The number of aromatic nitrogens is 2. The Bertz CT molecular complexity index is 831. The van der Waals surface area contributed by atoms with Crippen LogP contribution in [-0.4, -0.2) is 15.7 Å². The van der Waals surface area contributed by atoms with Crippen LogP contribution in [0, 0.1) is 0 Å². The lowest BCUT2D eigenvalue weighted by Crippen LogP contribution is -2.11. The van der Waals surface area contributed by atoms with Crippen molar-refractivity contribution in [2.45, 2.75) is 0 Å². The van der Waals surface area contributed by atoms with Crippen LogP contribution >= 0.6 is 11.6 Å². The van der Waals surface area contributed by atoms with Crippen molar-refractivity contribution in [3.8, 4) is 11.6 Å². The molecule has 0 radical (unpaired) electrons. The fraction of sp³-hybridized carbons (Fsp3) is 0.0588. The van der Waals surface area contributed by atoms with Crippen molar-refractivity contribution in [2.24, 2.45) is 7.05 Å². The Hall–Kier alpha value is -2.79. The molecular weight excluding hydrogens is 314 g/mol. The second-order valence-corrected chi connectivity index (χ2v) is 5.34. The van der Waals surface area contributed by atoms with E-state index in [-0.39, 0.29) is 5.91 Å². The van der Waals surface area contributed by atoms with Gasteiger partial charge in [0, 0.05) is 17.6 Å². The molecule has 3 rings (SSSR count). The molecule has 0 spiro atoms. The molecule has 0 aliphatic heterocycles. The summed E-state index contributed by atoms with van der Waals surface area (Å²) in [7, 11) is 1.76. The molecule has 2 aromatic carbocycles. The van der Waals surface area contributed by atoms with Gasteiger partial charge in [0.1, 0.15) is 11.4 Å². The normalized spacial score (nSPS) is 10.3. The number of para-hydroxylation sites is 1. The summed E-state index contributed by atoms with van der Waals surface area (Å²) in [4.78, 5) is 12.3. The number of hydrogen-bond donors (Lipinski definition) is 1. The topological polar surface area (TPSA) is 56.2 Å². The number of carbonyl (C=O) groups is 1. The highest BCUT2D eigenvalue weighted by atomic mass is 35.5. The SMILES string of the molecule is Cn1cc(NC(=O)c2cccc(Cl)c2)c(Oc2ccccc2)n1. The van der Waals surface area contributed by atoms with Gasteiger partial charge < -0.3 is 10.1 Å². The summed E-state index contributed by atoms with van der Waals surface area (Å²) >= 11 is 5.91. The summed E-state index contributed by atoms with van der Waals surface area (Å²) in [5.74, 6) is 0.692. The molecule has 0 fully saturated rings. The Kier molecular flexibility index (Phi) is 4.30. The van der Waals surface area contributed by atoms with Crippen molar-refractivity contribution in [3.63, 3.8) is 0 Å². The Morgan fingerprint density at radius 3 is 2.70 bits per heavy atom. The third-order valence-corrected chi connectivity index (χ3v) is 3.32. The summed E-state index contributed by atoms with van der Waals surface area (Å²) in [6.45, 7) is 0. The van der Waals surface area contributed by atoms with Gasteiger partial charge in [0.2, 0.25) is 0 Å². The van der Waals surface area contributed by atoms with Gasteiger partial charge >= 0.3 is 0 Å². The first-order chi connectivity index (χ1) is 11.1. The third-order valence-electron chi connectivity index (χ3n) is 3.09. The highest BCUT2D eigenvalue weighted by Crippen LogP contribution is 2.28. The van der Waals surface area contributed by atoms with E-state index in [0.29, 0.717) is 27.9 Å². The number of ether oxygens (including phenoxy) is 1. The number of aryl methyl sites for hydroxylation is 1. The maximum absolute atomic E-state index is 12.3. The minimum Gasteiger partial charge on any atom is -0.436 e. The molecule has 5 nitrogen and oxygen atoms in total. The standard InChI is InChI=1S/C17H14ClN3O2/c1-21-11-15(17(20-21)23-14-8-3-2-4-9-14)19-16(22)12-6-5-7-13(18)10-12/h2-11H,1H3,(H,19,22). The average molecular weight is 328 g/mol. The van der Waals surface area contributed by atoms with Crippen LogP contribution in [0.3, 0.4) is 0 Å². The van der Waals surface area contributed by atoms with Gasteiger partial charge in [-0.1, -0.05) is 35.9 Å². The highest BCUT2D eigenvalue weighted by molar-refractivity contribution is 6.31. The molecule has 0 atom stereocenters. The average Bonchev–Trinajstić information content (AvgIpc) is 2.87. The summed E-state index contributed by atoms with van der Waals surface area (Å²) in [6.07, 6.45) is 1.68. The van der Waals surface area contributed by atoms with E-state index in [0.717, 1.165) is 0 Å². The minimum absolute atomic E-state index is 0.279. The maximum Gasteiger partial charge on any atom is 0.262 e. The first-order valence-corrected chi connectivity index (χ1v) is 7.33. The summed E-state index contributed by atoms with van der Waals surface area (Å²) in [5.41, 5.74) is 0.952. The molecule has 0 saturated heterocycles. The maximum atomic E-state index is 12.3. The lowest BCUT2D eigenvalue weighted by Gasteiger charge is -2.07.